The zero-order chi connectivity index (χ0) is 17.3. The maximum atomic E-state index is 6.05. The molecule has 0 saturated heterocycles. The van der Waals surface area contributed by atoms with Crippen molar-refractivity contribution in [3.63, 3.8) is 0 Å². The van der Waals surface area contributed by atoms with Crippen molar-refractivity contribution >= 4 is 16.3 Å². The minimum absolute atomic E-state index is 0.224. The number of aromatic nitrogens is 4. The Hall–Kier alpha value is -2.93. The summed E-state index contributed by atoms with van der Waals surface area (Å²) in [6, 6.07) is 18.1. The summed E-state index contributed by atoms with van der Waals surface area (Å²) in [6.45, 7) is 0.445. The molecule has 7 heteroatoms. The molecule has 26 heavy (non-hydrogen) atoms. The third-order valence-corrected chi connectivity index (χ3v) is 5.33. The fraction of sp³-hybridized carbons (Fsp3) is 0.211. The fourth-order valence-corrected chi connectivity index (χ4v) is 3.87. The lowest BCUT2D eigenvalue weighted by Crippen LogP contribution is -2.21. The summed E-state index contributed by atoms with van der Waals surface area (Å²) in [4.78, 5) is 0.783. The van der Waals surface area contributed by atoms with E-state index in [-0.39, 0.29) is 6.10 Å². The van der Waals surface area contributed by atoms with E-state index < -0.39 is 0 Å². The van der Waals surface area contributed by atoms with Crippen LogP contribution in [0.3, 0.4) is 0 Å². The summed E-state index contributed by atoms with van der Waals surface area (Å²) in [6.07, 6.45) is 1.47. The summed E-state index contributed by atoms with van der Waals surface area (Å²) in [5, 5.41) is 14.1. The molecule has 3 heterocycles. The highest BCUT2D eigenvalue weighted by atomic mass is 32.1. The van der Waals surface area contributed by atoms with E-state index in [1.165, 1.54) is 16.9 Å². The topological polar surface area (TPSA) is 61.5 Å². The molecule has 0 spiro atoms. The summed E-state index contributed by atoms with van der Waals surface area (Å²) >= 11 is 1.49. The predicted molar refractivity (Wildman–Crippen MR) is 97.8 cm³/mol. The average Bonchev–Trinajstić information content (AvgIpc) is 3.28. The maximum absolute atomic E-state index is 6.05. The Morgan fingerprint density at radius 3 is 2.65 bits per heavy atom. The molecule has 4 aromatic rings. The second kappa shape index (κ2) is 6.42. The molecular formula is C19H16N4O2S. The van der Waals surface area contributed by atoms with Crippen LogP contribution in [0.25, 0.3) is 4.96 Å². The number of nitrogens with zero attached hydrogens (tertiary/aromatic N) is 4. The Morgan fingerprint density at radius 1 is 0.962 bits per heavy atom. The number of hydrogen-bond acceptors (Lipinski definition) is 6. The number of hydrogen-bond donors (Lipinski definition) is 0. The van der Waals surface area contributed by atoms with Crippen LogP contribution in [-0.2, 0) is 12.8 Å². The maximum Gasteiger partial charge on any atom is 0.234 e. The third-order valence-electron chi connectivity index (χ3n) is 4.34. The van der Waals surface area contributed by atoms with Crippen LogP contribution in [0.15, 0.2) is 54.6 Å². The molecule has 1 aliphatic heterocycles. The van der Waals surface area contributed by atoms with Gasteiger partial charge in [0, 0.05) is 6.42 Å². The van der Waals surface area contributed by atoms with E-state index in [1.807, 2.05) is 47.0 Å². The van der Waals surface area contributed by atoms with Gasteiger partial charge in [-0.3, -0.25) is 0 Å². The van der Waals surface area contributed by atoms with E-state index in [2.05, 4.69) is 27.4 Å². The van der Waals surface area contributed by atoms with Gasteiger partial charge in [-0.15, -0.1) is 10.2 Å². The van der Waals surface area contributed by atoms with Gasteiger partial charge in [0.25, 0.3) is 0 Å². The molecule has 0 bridgehead atoms. The highest BCUT2D eigenvalue weighted by Crippen LogP contribution is 2.36. The van der Waals surface area contributed by atoms with Crippen molar-refractivity contribution in [3.8, 4) is 11.5 Å². The predicted octanol–water partition coefficient (Wildman–Crippen LogP) is 3.48. The molecule has 2 aromatic carbocycles. The molecule has 1 aliphatic rings. The van der Waals surface area contributed by atoms with Crippen molar-refractivity contribution in [2.24, 2.45) is 0 Å². The van der Waals surface area contributed by atoms with Gasteiger partial charge in [-0.05, 0) is 24.1 Å². The van der Waals surface area contributed by atoms with Gasteiger partial charge in [-0.1, -0.05) is 53.8 Å². The standard InChI is InChI=1S/C19H16N4O2S/c1-2-6-13(7-3-1)10-11-17-20-21-19-23(17)22-18(26-19)16-12-24-14-8-4-5-9-15(14)25-16/h1-9,16H,10-12H2. The molecule has 0 fully saturated rings. The van der Waals surface area contributed by atoms with Gasteiger partial charge in [0.2, 0.25) is 4.96 Å². The molecule has 0 N–H and O–H groups in total. The van der Waals surface area contributed by atoms with Gasteiger partial charge in [0.1, 0.15) is 6.61 Å². The SMILES string of the molecule is c1ccc(CCc2nnc3sc(C4COc5ccccc5O4)nn23)cc1. The van der Waals surface area contributed by atoms with Crippen LogP contribution in [0.4, 0.5) is 0 Å². The molecule has 0 radical (unpaired) electrons. The molecule has 0 amide bonds. The quantitative estimate of drug-likeness (QED) is 0.555. The summed E-state index contributed by atoms with van der Waals surface area (Å²) in [5.74, 6) is 2.39. The largest absolute Gasteiger partial charge is 0.485 e. The van der Waals surface area contributed by atoms with Gasteiger partial charge in [-0.25, -0.2) is 0 Å². The van der Waals surface area contributed by atoms with Crippen LogP contribution in [-0.4, -0.2) is 26.4 Å². The molecule has 2 aromatic heterocycles. The number of para-hydroxylation sites is 2. The van der Waals surface area contributed by atoms with Crippen LogP contribution in [0.1, 0.15) is 22.5 Å². The first-order valence-electron chi connectivity index (χ1n) is 8.50. The smallest absolute Gasteiger partial charge is 0.234 e. The minimum Gasteiger partial charge on any atom is -0.485 e. The molecule has 1 atom stereocenters. The number of fused-ring (bicyclic) bond motifs is 2. The normalized spacial score (nSPS) is 16.1. The summed E-state index contributed by atoms with van der Waals surface area (Å²) in [5.41, 5.74) is 1.28. The van der Waals surface area contributed by atoms with E-state index in [9.17, 15) is 0 Å². The Balaban J connectivity index is 1.37. The average molecular weight is 364 g/mol. The first-order chi connectivity index (χ1) is 12.9. The van der Waals surface area contributed by atoms with E-state index in [1.54, 1.807) is 0 Å². The zero-order valence-corrected chi connectivity index (χ0v) is 14.7. The van der Waals surface area contributed by atoms with Gasteiger partial charge < -0.3 is 9.47 Å². The Bertz CT molecular complexity index is 1040. The first kappa shape index (κ1) is 15.3. The van der Waals surface area contributed by atoms with E-state index in [4.69, 9.17) is 9.47 Å². The van der Waals surface area contributed by atoms with Crippen LogP contribution < -0.4 is 9.47 Å². The highest BCUT2D eigenvalue weighted by molar-refractivity contribution is 7.16. The summed E-state index contributed by atoms with van der Waals surface area (Å²) < 4.78 is 13.7. The third kappa shape index (κ3) is 2.80. The van der Waals surface area contributed by atoms with Crippen LogP contribution in [0.2, 0.25) is 0 Å². The van der Waals surface area contributed by atoms with Crippen molar-refractivity contribution < 1.29 is 9.47 Å². The fourth-order valence-electron chi connectivity index (χ4n) is 3.00. The van der Waals surface area contributed by atoms with Crippen molar-refractivity contribution in [2.45, 2.75) is 18.9 Å². The molecular weight excluding hydrogens is 348 g/mol. The lowest BCUT2D eigenvalue weighted by Gasteiger charge is -2.24. The first-order valence-corrected chi connectivity index (χ1v) is 9.32. The molecule has 0 aliphatic carbocycles. The lowest BCUT2D eigenvalue weighted by atomic mass is 10.1. The Morgan fingerprint density at radius 2 is 1.77 bits per heavy atom. The summed E-state index contributed by atoms with van der Waals surface area (Å²) in [7, 11) is 0. The Labute approximate surface area is 154 Å². The van der Waals surface area contributed by atoms with Gasteiger partial charge >= 0.3 is 0 Å². The highest BCUT2D eigenvalue weighted by Gasteiger charge is 2.26. The lowest BCUT2D eigenvalue weighted by molar-refractivity contribution is 0.0904. The van der Waals surface area contributed by atoms with Crippen molar-refractivity contribution in [1.29, 1.82) is 0 Å². The number of ether oxygens (including phenoxy) is 2. The monoisotopic (exact) mass is 364 g/mol. The van der Waals surface area contributed by atoms with Crippen molar-refractivity contribution in [3.05, 3.63) is 71.0 Å². The molecule has 0 saturated carbocycles. The molecule has 6 nitrogen and oxygen atoms in total. The van der Waals surface area contributed by atoms with Crippen molar-refractivity contribution in [1.82, 2.24) is 19.8 Å². The molecule has 130 valence electrons. The van der Waals surface area contributed by atoms with Crippen molar-refractivity contribution in [2.75, 3.05) is 6.61 Å². The Kier molecular flexibility index (Phi) is 3.79. The van der Waals surface area contributed by atoms with Gasteiger partial charge in [0.05, 0.1) is 0 Å². The number of benzene rings is 2. The van der Waals surface area contributed by atoms with Crippen LogP contribution in [0, 0.1) is 0 Å². The van der Waals surface area contributed by atoms with E-state index in [0.29, 0.717) is 6.61 Å². The van der Waals surface area contributed by atoms with Gasteiger partial charge in [-0.2, -0.15) is 9.61 Å². The van der Waals surface area contributed by atoms with Crippen LogP contribution in [0.5, 0.6) is 11.5 Å². The second-order valence-corrected chi connectivity index (χ2v) is 7.09. The number of aryl methyl sites for hydroxylation is 2. The number of rotatable bonds is 4. The second-order valence-electron chi connectivity index (χ2n) is 6.10. The minimum atomic E-state index is -0.224. The van der Waals surface area contributed by atoms with Gasteiger partial charge in [0.15, 0.2) is 28.4 Å². The van der Waals surface area contributed by atoms with E-state index in [0.717, 1.165) is 40.1 Å². The molecule has 5 rings (SSSR count). The molecule has 1 unspecified atom stereocenters. The van der Waals surface area contributed by atoms with E-state index >= 15 is 0 Å². The zero-order valence-electron chi connectivity index (χ0n) is 13.9. The van der Waals surface area contributed by atoms with Crippen LogP contribution >= 0.6 is 11.3 Å².